The monoisotopic (exact) mass is 316 g/mol. The Morgan fingerprint density at radius 2 is 1.95 bits per heavy atom. The van der Waals surface area contributed by atoms with Gasteiger partial charge >= 0.3 is 0 Å². The molecule has 0 aliphatic heterocycles. The minimum atomic E-state index is -3.51. The van der Waals surface area contributed by atoms with E-state index in [1.807, 2.05) is 20.8 Å². The number of nitrogens with zero attached hydrogens (tertiary/aromatic N) is 1. The average molecular weight is 316 g/mol. The molecule has 0 heterocycles. The minimum absolute atomic E-state index is 0.115. The maximum Gasteiger partial charge on any atom is 0.293 e. The van der Waals surface area contributed by atoms with Gasteiger partial charge in [-0.1, -0.05) is 20.8 Å². The van der Waals surface area contributed by atoms with Gasteiger partial charge in [0.15, 0.2) is 9.84 Å². The first-order chi connectivity index (χ1) is 9.43. The van der Waals surface area contributed by atoms with E-state index >= 15 is 0 Å². The maximum absolute atomic E-state index is 11.4. The van der Waals surface area contributed by atoms with Gasteiger partial charge in [-0.15, -0.1) is 0 Å². The largest absolute Gasteiger partial charge is 0.391 e. The zero-order valence-electron chi connectivity index (χ0n) is 12.5. The molecule has 2 N–H and O–H groups in total. The highest BCUT2D eigenvalue weighted by Crippen LogP contribution is 2.28. The van der Waals surface area contributed by atoms with E-state index in [4.69, 9.17) is 0 Å². The highest BCUT2D eigenvalue weighted by atomic mass is 32.2. The second-order valence-corrected chi connectivity index (χ2v) is 7.99. The first kappa shape index (κ1) is 17.4. The van der Waals surface area contributed by atoms with Gasteiger partial charge in [0.25, 0.3) is 5.69 Å². The Labute approximate surface area is 124 Å². The van der Waals surface area contributed by atoms with Crippen LogP contribution in [0.25, 0.3) is 0 Å². The smallest absolute Gasteiger partial charge is 0.293 e. The second-order valence-electron chi connectivity index (χ2n) is 5.97. The van der Waals surface area contributed by atoms with Crippen molar-refractivity contribution in [2.24, 2.45) is 5.41 Å². The van der Waals surface area contributed by atoms with Gasteiger partial charge in [0.1, 0.15) is 5.69 Å². The van der Waals surface area contributed by atoms with E-state index in [1.54, 1.807) is 0 Å². The molecular weight excluding hydrogens is 296 g/mol. The number of nitro groups is 1. The number of nitro benzene ring substituents is 1. The van der Waals surface area contributed by atoms with Gasteiger partial charge in [0.2, 0.25) is 0 Å². The first-order valence-corrected chi connectivity index (χ1v) is 8.22. The summed E-state index contributed by atoms with van der Waals surface area (Å²) in [6.45, 7) is 5.67. The van der Waals surface area contributed by atoms with Crippen LogP contribution in [0.1, 0.15) is 20.8 Å². The summed E-state index contributed by atoms with van der Waals surface area (Å²) in [5.74, 6) is 0. The number of aliphatic hydroxyl groups excluding tert-OH is 1. The lowest BCUT2D eigenvalue weighted by Gasteiger charge is -2.26. The SMILES string of the molecule is CC(C)(C)C(O)CNc1ccc(S(C)(=O)=O)cc1[N+](=O)[O-]. The molecule has 7 nitrogen and oxygen atoms in total. The molecule has 118 valence electrons. The number of aliphatic hydroxyl groups is 1. The van der Waals surface area contributed by atoms with Crippen molar-refractivity contribution in [2.45, 2.75) is 31.8 Å². The average Bonchev–Trinajstić information content (AvgIpc) is 2.33. The molecule has 0 fully saturated rings. The van der Waals surface area contributed by atoms with Crippen molar-refractivity contribution in [1.82, 2.24) is 0 Å². The molecular formula is C13H20N2O5S. The summed E-state index contributed by atoms with van der Waals surface area (Å²) in [6, 6.07) is 3.65. The molecule has 0 amide bonds. The van der Waals surface area contributed by atoms with Gasteiger partial charge in [0, 0.05) is 18.9 Å². The number of anilines is 1. The zero-order valence-corrected chi connectivity index (χ0v) is 13.3. The van der Waals surface area contributed by atoms with Crippen molar-refractivity contribution in [3.8, 4) is 0 Å². The quantitative estimate of drug-likeness (QED) is 0.633. The fraction of sp³-hybridized carbons (Fsp3) is 0.538. The molecule has 0 saturated heterocycles. The molecule has 0 saturated carbocycles. The first-order valence-electron chi connectivity index (χ1n) is 6.33. The van der Waals surface area contributed by atoms with E-state index in [9.17, 15) is 23.6 Å². The third-order valence-electron chi connectivity index (χ3n) is 3.08. The molecule has 1 aromatic rings. The number of hydrogen-bond acceptors (Lipinski definition) is 6. The third-order valence-corrected chi connectivity index (χ3v) is 4.19. The molecule has 21 heavy (non-hydrogen) atoms. The molecule has 0 radical (unpaired) electrons. The normalized spacial score (nSPS) is 13.8. The van der Waals surface area contributed by atoms with Crippen molar-refractivity contribution < 1.29 is 18.4 Å². The lowest BCUT2D eigenvalue weighted by molar-refractivity contribution is -0.384. The van der Waals surface area contributed by atoms with Crippen molar-refractivity contribution in [3.05, 3.63) is 28.3 Å². The topological polar surface area (TPSA) is 110 Å². The summed E-state index contributed by atoms with van der Waals surface area (Å²) >= 11 is 0. The highest BCUT2D eigenvalue weighted by molar-refractivity contribution is 7.90. The molecule has 1 unspecified atom stereocenters. The van der Waals surface area contributed by atoms with Crippen molar-refractivity contribution in [2.75, 3.05) is 18.1 Å². The molecule has 0 spiro atoms. The summed E-state index contributed by atoms with van der Waals surface area (Å²) in [6.07, 6.45) is 0.286. The molecule has 0 aromatic heterocycles. The Balaban J connectivity index is 3.06. The van der Waals surface area contributed by atoms with E-state index < -0.39 is 20.9 Å². The predicted molar refractivity (Wildman–Crippen MR) is 80.2 cm³/mol. The van der Waals surface area contributed by atoms with Crippen LogP contribution >= 0.6 is 0 Å². The van der Waals surface area contributed by atoms with Crippen LogP contribution in [0.3, 0.4) is 0 Å². The summed E-state index contributed by atoms with van der Waals surface area (Å²) in [7, 11) is -3.51. The minimum Gasteiger partial charge on any atom is -0.391 e. The predicted octanol–water partition coefficient (Wildman–Crippen LogP) is 1.82. The van der Waals surface area contributed by atoms with Gasteiger partial charge < -0.3 is 10.4 Å². The fourth-order valence-corrected chi connectivity index (χ4v) is 2.20. The van der Waals surface area contributed by atoms with Gasteiger partial charge in [-0.3, -0.25) is 10.1 Å². The maximum atomic E-state index is 11.4. The number of rotatable bonds is 5. The number of nitrogens with one attached hydrogen (secondary N) is 1. The third kappa shape index (κ3) is 4.68. The van der Waals surface area contributed by atoms with Gasteiger partial charge in [-0.25, -0.2) is 8.42 Å². The van der Waals surface area contributed by atoms with Crippen LogP contribution in [-0.2, 0) is 9.84 Å². The summed E-state index contributed by atoms with van der Waals surface area (Å²) in [4.78, 5) is 10.3. The second kappa shape index (κ2) is 5.98. The van der Waals surface area contributed by atoms with Gasteiger partial charge in [0.05, 0.1) is 15.9 Å². The van der Waals surface area contributed by atoms with E-state index in [1.165, 1.54) is 12.1 Å². The zero-order chi connectivity index (χ0) is 16.4. The lowest BCUT2D eigenvalue weighted by atomic mass is 9.89. The Morgan fingerprint density at radius 3 is 2.38 bits per heavy atom. The molecule has 0 bridgehead atoms. The van der Waals surface area contributed by atoms with Crippen LogP contribution in [0.4, 0.5) is 11.4 Å². The van der Waals surface area contributed by atoms with Crippen molar-refractivity contribution in [3.63, 3.8) is 0 Å². The molecule has 1 atom stereocenters. The Hall–Kier alpha value is -1.67. The van der Waals surface area contributed by atoms with Crippen LogP contribution in [0.5, 0.6) is 0 Å². The van der Waals surface area contributed by atoms with Crippen LogP contribution in [-0.4, -0.2) is 37.4 Å². The lowest BCUT2D eigenvalue weighted by Crippen LogP contribution is -2.33. The van der Waals surface area contributed by atoms with Crippen molar-refractivity contribution in [1.29, 1.82) is 0 Å². The molecule has 0 aliphatic rings. The summed E-state index contributed by atoms with van der Waals surface area (Å²) < 4.78 is 22.9. The number of benzene rings is 1. The number of sulfone groups is 1. The van der Waals surface area contributed by atoms with Gasteiger partial charge in [-0.05, 0) is 17.5 Å². The van der Waals surface area contributed by atoms with E-state index in [2.05, 4.69) is 5.32 Å². The Bertz CT molecular complexity index is 634. The van der Waals surface area contributed by atoms with Crippen LogP contribution in [0, 0.1) is 15.5 Å². The molecule has 1 rings (SSSR count). The Kier molecular flexibility index (Phi) is 4.95. The molecule has 8 heteroatoms. The molecule has 0 aliphatic carbocycles. The van der Waals surface area contributed by atoms with Crippen LogP contribution in [0.2, 0.25) is 0 Å². The Morgan fingerprint density at radius 1 is 1.38 bits per heavy atom. The molecule has 1 aromatic carbocycles. The standard InChI is InChI=1S/C13H20N2O5S/c1-13(2,3)12(16)8-14-10-6-5-9(21(4,19)20)7-11(10)15(17)18/h5-7,12,14,16H,8H2,1-4H3. The fourth-order valence-electron chi connectivity index (χ4n) is 1.56. The number of hydrogen-bond donors (Lipinski definition) is 2. The van der Waals surface area contributed by atoms with Crippen LogP contribution in [0.15, 0.2) is 23.1 Å². The van der Waals surface area contributed by atoms with E-state index in [0.717, 1.165) is 12.3 Å². The van der Waals surface area contributed by atoms with Crippen LogP contribution < -0.4 is 5.32 Å². The van der Waals surface area contributed by atoms with Crippen molar-refractivity contribution >= 4 is 21.2 Å². The van der Waals surface area contributed by atoms with E-state index in [0.29, 0.717) is 0 Å². The summed E-state index contributed by atoms with van der Waals surface area (Å²) in [5, 5.41) is 23.8. The summed E-state index contributed by atoms with van der Waals surface area (Å²) in [5.41, 5.74) is -0.524. The van der Waals surface area contributed by atoms with E-state index in [-0.39, 0.29) is 28.2 Å². The van der Waals surface area contributed by atoms with Gasteiger partial charge in [-0.2, -0.15) is 0 Å². The highest BCUT2D eigenvalue weighted by Gasteiger charge is 2.24.